The summed E-state index contributed by atoms with van der Waals surface area (Å²) in [6, 6.07) is 3.27. The van der Waals surface area contributed by atoms with Crippen LogP contribution in [0.5, 0.6) is 0 Å². The molecule has 0 aliphatic rings. The van der Waals surface area contributed by atoms with E-state index >= 15 is 0 Å². The van der Waals surface area contributed by atoms with Crippen molar-refractivity contribution in [2.24, 2.45) is 0 Å². The van der Waals surface area contributed by atoms with Crippen LogP contribution in [0.4, 0.5) is 5.82 Å². The molecule has 0 saturated carbocycles. The molecule has 0 fully saturated rings. The molecule has 2 aromatic rings. The van der Waals surface area contributed by atoms with E-state index < -0.39 is 10.0 Å². The number of anilines is 1. The minimum Gasteiger partial charge on any atom is -0.335 e. The normalized spacial score (nSPS) is 11.6. The van der Waals surface area contributed by atoms with Gasteiger partial charge in [-0.05, 0) is 17.9 Å². The van der Waals surface area contributed by atoms with E-state index in [9.17, 15) is 8.42 Å². The van der Waals surface area contributed by atoms with Crippen LogP contribution in [0.25, 0.3) is 0 Å². The molecule has 0 bridgehead atoms. The number of aryl methyl sites for hydroxylation is 1. The van der Waals surface area contributed by atoms with E-state index in [4.69, 9.17) is 0 Å². The van der Waals surface area contributed by atoms with Crippen molar-refractivity contribution in [3.05, 3.63) is 30.0 Å². The molecule has 0 unspecified atom stereocenters. The molecule has 0 radical (unpaired) electrons. The first kappa shape index (κ1) is 12.1. The molecule has 7 heteroatoms. The summed E-state index contributed by atoms with van der Waals surface area (Å²) in [5.74, 6) is 0.354. The summed E-state index contributed by atoms with van der Waals surface area (Å²) >= 11 is 1.18. The van der Waals surface area contributed by atoms with Crippen molar-refractivity contribution in [1.82, 2.24) is 9.55 Å². The van der Waals surface area contributed by atoms with Gasteiger partial charge in [-0.15, -0.1) is 11.3 Å². The Morgan fingerprint density at radius 1 is 1.53 bits per heavy atom. The molecular weight excluding hydrogens is 258 g/mol. The zero-order chi connectivity index (χ0) is 12.3. The van der Waals surface area contributed by atoms with Gasteiger partial charge in [0.15, 0.2) is 5.82 Å². The highest BCUT2D eigenvalue weighted by Crippen LogP contribution is 2.19. The highest BCUT2D eigenvalue weighted by Gasteiger charge is 2.16. The number of sulfonamides is 1. The van der Waals surface area contributed by atoms with Crippen LogP contribution >= 0.6 is 11.3 Å². The van der Waals surface area contributed by atoms with Crippen molar-refractivity contribution >= 4 is 27.2 Å². The Hall–Kier alpha value is -1.34. The number of imidazole rings is 1. The molecule has 0 saturated heterocycles. The molecule has 1 N–H and O–H groups in total. The first-order chi connectivity index (χ1) is 8.12. The summed E-state index contributed by atoms with van der Waals surface area (Å²) < 4.78 is 28.4. The number of nitrogens with one attached hydrogen (secondary N) is 1. The van der Waals surface area contributed by atoms with Gasteiger partial charge in [0.1, 0.15) is 4.21 Å². The summed E-state index contributed by atoms with van der Waals surface area (Å²) in [4.78, 5) is 4.01. The second-order valence-electron chi connectivity index (χ2n) is 3.53. The van der Waals surface area contributed by atoms with Crippen LogP contribution in [-0.2, 0) is 16.6 Å². The largest absolute Gasteiger partial charge is 0.335 e. The SMILES string of the molecule is CCCn1cnc(NS(=O)(=O)c2cccs2)c1. The van der Waals surface area contributed by atoms with Crippen LogP contribution in [0, 0.1) is 0 Å². The molecule has 2 aromatic heterocycles. The standard InChI is InChI=1S/C10H13N3O2S2/c1-2-5-13-7-9(11-8-13)12-17(14,15)10-4-3-6-16-10/h3-4,6-8,12H,2,5H2,1H3. The van der Waals surface area contributed by atoms with E-state index in [1.54, 1.807) is 30.0 Å². The number of hydrogen-bond donors (Lipinski definition) is 1. The van der Waals surface area contributed by atoms with Crippen molar-refractivity contribution in [1.29, 1.82) is 0 Å². The fourth-order valence-electron chi connectivity index (χ4n) is 1.40. The molecule has 0 spiro atoms. The quantitative estimate of drug-likeness (QED) is 0.906. The third kappa shape index (κ3) is 2.86. The fraction of sp³-hybridized carbons (Fsp3) is 0.300. The summed E-state index contributed by atoms with van der Waals surface area (Å²) in [6.07, 6.45) is 4.29. The average molecular weight is 271 g/mol. The van der Waals surface area contributed by atoms with Crippen LogP contribution in [-0.4, -0.2) is 18.0 Å². The number of rotatable bonds is 5. The van der Waals surface area contributed by atoms with E-state index in [0.717, 1.165) is 13.0 Å². The van der Waals surface area contributed by atoms with Crippen molar-refractivity contribution in [2.75, 3.05) is 4.72 Å². The monoisotopic (exact) mass is 271 g/mol. The van der Waals surface area contributed by atoms with Crippen LogP contribution in [0.1, 0.15) is 13.3 Å². The minimum atomic E-state index is -3.48. The Bertz CT molecular complexity index is 572. The van der Waals surface area contributed by atoms with Gasteiger partial charge in [-0.1, -0.05) is 13.0 Å². The van der Waals surface area contributed by atoms with Gasteiger partial charge in [0.25, 0.3) is 10.0 Å². The second-order valence-corrected chi connectivity index (χ2v) is 6.39. The first-order valence-corrected chi connectivity index (χ1v) is 7.56. The van der Waals surface area contributed by atoms with Gasteiger partial charge in [-0.2, -0.15) is 0 Å². The number of hydrogen-bond acceptors (Lipinski definition) is 4. The molecule has 5 nitrogen and oxygen atoms in total. The number of thiophene rings is 1. The van der Waals surface area contributed by atoms with Crippen molar-refractivity contribution in [3.8, 4) is 0 Å². The lowest BCUT2D eigenvalue weighted by Crippen LogP contribution is -2.11. The van der Waals surface area contributed by atoms with Gasteiger partial charge in [0, 0.05) is 12.7 Å². The van der Waals surface area contributed by atoms with Crippen LogP contribution < -0.4 is 4.72 Å². The highest BCUT2D eigenvalue weighted by molar-refractivity contribution is 7.94. The van der Waals surface area contributed by atoms with Crippen molar-refractivity contribution in [2.45, 2.75) is 24.1 Å². The second kappa shape index (κ2) is 4.89. The lowest BCUT2D eigenvalue weighted by atomic mass is 10.5. The molecule has 92 valence electrons. The van der Waals surface area contributed by atoms with Crippen molar-refractivity contribution in [3.63, 3.8) is 0 Å². The lowest BCUT2D eigenvalue weighted by Gasteiger charge is -2.02. The predicted molar refractivity (Wildman–Crippen MR) is 67.6 cm³/mol. The van der Waals surface area contributed by atoms with E-state index in [-0.39, 0.29) is 0 Å². The zero-order valence-corrected chi connectivity index (χ0v) is 11.0. The number of aromatic nitrogens is 2. The van der Waals surface area contributed by atoms with Gasteiger partial charge in [-0.25, -0.2) is 13.4 Å². The molecule has 17 heavy (non-hydrogen) atoms. The summed E-state index contributed by atoms with van der Waals surface area (Å²) in [5, 5.41) is 1.73. The Kier molecular flexibility index (Phi) is 3.49. The van der Waals surface area contributed by atoms with Crippen LogP contribution in [0.2, 0.25) is 0 Å². The van der Waals surface area contributed by atoms with E-state index in [2.05, 4.69) is 16.6 Å². The van der Waals surface area contributed by atoms with Crippen LogP contribution in [0.15, 0.2) is 34.2 Å². The topological polar surface area (TPSA) is 64.0 Å². The third-order valence-electron chi connectivity index (χ3n) is 2.11. The van der Waals surface area contributed by atoms with Crippen LogP contribution in [0.3, 0.4) is 0 Å². The van der Waals surface area contributed by atoms with E-state index in [1.165, 1.54) is 11.3 Å². The highest BCUT2D eigenvalue weighted by atomic mass is 32.2. The number of nitrogens with zero attached hydrogens (tertiary/aromatic N) is 2. The molecule has 0 aliphatic carbocycles. The average Bonchev–Trinajstić information content (AvgIpc) is 2.88. The fourth-order valence-corrected chi connectivity index (χ4v) is 3.38. The molecule has 0 atom stereocenters. The Labute approximate surface area is 104 Å². The molecular formula is C10H13N3O2S2. The smallest absolute Gasteiger partial charge is 0.272 e. The maximum atomic E-state index is 11.9. The Balaban J connectivity index is 2.15. The first-order valence-electron chi connectivity index (χ1n) is 5.20. The van der Waals surface area contributed by atoms with Gasteiger partial charge < -0.3 is 4.57 Å². The molecule has 0 aliphatic heterocycles. The van der Waals surface area contributed by atoms with Gasteiger partial charge in [0.2, 0.25) is 0 Å². The van der Waals surface area contributed by atoms with Gasteiger partial charge in [0.05, 0.1) is 6.33 Å². The molecule has 2 heterocycles. The molecule has 0 aromatic carbocycles. The predicted octanol–water partition coefficient (Wildman–Crippen LogP) is 2.16. The zero-order valence-electron chi connectivity index (χ0n) is 9.33. The van der Waals surface area contributed by atoms with Gasteiger partial charge in [-0.3, -0.25) is 4.72 Å². The lowest BCUT2D eigenvalue weighted by molar-refractivity contribution is 0.603. The molecule has 2 rings (SSSR count). The summed E-state index contributed by atoms with van der Waals surface area (Å²) in [5.41, 5.74) is 0. The Morgan fingerprint density at radius 3 is 3.00 bits per heavy atom. The maximum Gasteiger partial charge on any atom is 0.272 e. The van der Waals surface area contributed by atoms with Crippen molar-refractivity contribution < 1.29 is 8.42 Å². The minimum absolute atomic E-state index is 0.294. The summed E-state index contributed by atoms with van der Waals surface area (Å²) in [6.45, 7) is 2.88. The van der Waals surface area contributed by atoms with E-state index in [0.29, 0.717) is 10.0 Å². The third-order valence-corrected chi connectivity index (χ3v) is 4.87. The maximum absolute atomic E-state index is 11.9. The Morgan fingerprint density at radius 2 is 2.35 bits per heavy atom. The van der Waals surface area contributed by atoms with E-state index in [1.807, 2.05) is 4.57 Å². The molecule has 0 amide bonds. The van der Waals surface area contributed by atoms with Gasteiger partial charge >= 0.3 is 0 Å². The summed E-state index contributed by atoms with van der Waals surface area (Å²) in [7, 11) is -3.48.